The van der Waals surface area contributed by atoms with Crippen molar-refractivity contribution < 1.29 is 9.90 Å². The number of carbonyl (C=O) groups is 1. The van der Waals surface area contributed by atoms with Crippen molar-refractivity contribution in [1.82, 2.24) is 9.97 Å². The molecule has 0 aliphatic heterocycles. The van der Waals surface area contributed by atoms with E-state index in [1.54, 1.807) is 18.3 Å². The highest BCUT2D eigenvalue weighted by molar-refractivity contribution is 5.89. The zero-order valence-electron chi connectivity index (χ0n) is 8.27. The molecule has 0 atom stereocenters. The molecule has 0 saturated heterocycles. The molecule has 15 heavy (non-hydrogen) atoms. The van der Waals surface area contributed by atoms with Gasteiger partial charge in [0.1, 0.15) is 12.1 Å². The maximum absolute atomic E-state index is 10.6. The predicted molar refractivity (Wildman–Crippen MR) is 57.0 cm³/mol. The fraction of sp³-hybridized carbons (Fsp3) is 0.200. The number of fused-ring (bicyclic) bond motifs is 1. The molecular formula is C10H11N3O2. The second-order valence-electron chi connectivity index (χ2n) is 3.33. The van der Waals surface area contributed by atoms with Gasteiger partial charge in [-0.2, -0.15) is 0 Å². The number of aromatic amines is 1. The maximum Gasteiger partial charge on any atom is 0.323 e. The van der Waals surface area contributed by atoms with E-state index in [0.717, 1.165) is 16.7 Å². The summed E-state index contributed by atoms with van der Waals surface area (Å²) < 4.78 is 0. The number of hydrogen-bond acceptors (Lipinski definition) is 3. The molecule has 2 N–H and O–H groups in total. The van der Waals surface area contributed by atoms with Crippen LogP contribution in [0.1, 0.15) is 0 Å². The molecule has 0 saturated carbocycles. The van der Waals surface area contributed by atoms with E-state index in [9.17, 15) is 4.79 Å². The van der Waals surface area contributed by atoms with Gasteiger partial charge in [0.15, 0.2) is 0 Å². The lowest BCUT2D eigenvalue weighted by molar-refractivity contribution is -0.135. The maximum atomic E-state index is 10.6. The van der Waals surface area contributed by atoms with Gasteiger partial charge < -0.3 is 15.0 Å². The van der Waals surface area contributed by atoms with Crippen molar-refractivity contribution in [2.75, 3.05) is 18.5 Å². The molecule has 1 aromatic heterocycles. The van der Waals surface area contributed by atoms with Crippen LogP contribution in [0.2, 0.25) is 0 Å². The number of rotatable bonds is 3. The Morgan fingerprint density at radius 2 is 2.40 bits per heavy atom. The van der Waals surface area contributed by atoms with Crippen LogP contribution in [0.25, 0.3) is 11.0 Å². The molecule has 0 bridgehead atoms. The highest BCUT2D eigenvalue weighted by Gasteiger charge is 2.10. The Labute approximate surface area is 86.4 Å². The molecule has 0 fully saturated rings. The quantitative estimate of drug-likeness (QED) is 0.786. The van der Waals surface area contributed by atoms with Gasteiger partial charge in [0, 0.05) is 7.05 Å². The number of aliphatic carboxylic acids is 1. The SMILES string of the molecule is CN(CC(=O)O)c1cccc2[nH]cnc12. The van der Waals surface area contributed by atoms with Gasteiger partial charge in [-0.15, -0.1) is 0 Å². The fourth-order valence-electron chi connectivity index (χ4n) is 1.55. The van der Waals surface area contributed by atoms with Gasteiger partial charge in [0.2, 0.25) is 0 Å². The summed E-state index contributed by atoms with van der Waals surface area (Å²) in [5, 5.41) is 8.70. The van der Waals surface area contributed by atoms with E-state index in [4.69, 9.17) is 5.11 Å². The van der Waals surface area contributed by atoms with E-state index in [-0.39, 0.29) is 6.54 Å². The van der Waals surface area contributed by atoms with Crippen LogP contribution in [-0.2, 0) is 4.79 Å². The topological polar surface area (TPSA) is 69.2 Å². The standard InChI is InChI=1S/C10H11N3O2/c1-13(5-9(14)15)8-4-2-3-7-10(8)12-6-11-7/h2-4,6H,5H2,1H3,(H,11,12)(H,14,15). The second kappa shape index (κ2) is 3.61. The number of para-hydroxylation sites is 1. The number of H-pyrrole nitrogens is 1. The lowest BCUT2D eigenvalue weighted by Gasteiger charge is -2.16. The summed E-state index contributed by atoms with van der Waals surface area (Å²) in [6.07, 6.45) is 1.60. The molecule has 5 nitrogen and oxygen atoms in total. The zero-order valence-corrected chi connectivity index (χ0v) is 8.27. The molecule has 0 radical (unpaired) electrons. The van der Waals surface area contributed by atoms with Crippen molar-refractivity contribution in [2.45, 2.75) is 0 Å². The number of nitrogens with zero attached hydrogens (tertiary/aromatic N) is 2. The number of likely N-dealkylation sites (N-methyl/N-ethyl adjacent to an activating group) is 1. The number of anilines is 1. The minimum absolute atomic E-state index is 0.0357. The number of aromatic nitrogens is 2. The smallest absolute Gasteiger partial charge is 0.323 e. The third kappa shape index (κ3) is 1.76. The van der Waals surface area contributed by atoms with Crippen molar-refractivity contribution in [1.29, 1.82) is 0 Å². The molecule has 0 unspecified atom stereocenters. The monoisotopic (exact) mass is 205 g/mol. The number of benzene rings is 1. The van der Waals surface area contributed by atoms with E-state index in [2.05, 4.69) is 9.97 Å². The van der Waals surface area contributed by atoms with Crippen molar-refractivity contribution in [3.8, 4) is 0 Å². The van der Waals surface area contributed by atoms with Gasteiger partial charge in [-0.3, -0.25) is 4.79 Å². The molecule has 78 valence electrons. The van der Waals surface area contributed by atoms with E-state index in [1.807, 2.05) is 18.2 Å². The zero-order chi connectivity index (χ0) is 10.8. The molecule has 0 spiro atoms. The van der Waals surface area contributed by atoms with Crippen LogP contribution >= 0.6 is 0 Å². The highest BCUT2D eigenvalue weighted by Crippen LogP contribution is 2.22. The summed E-state index contributed by atoms with van der Waals surface area (Å²) in [5.41, 5.74) is 2.52. The largest absolute Gasteiger partial charge is 0.480 e. The highest BCUT2D eigenvalue weighted by atomic mass is 16.4. The van der Waals surface area contributed by atoms with Crippen LogP contribution in [0, 0.1) is 0 Å². The average Bonchev–Trinajstić information content (AvgIpc) is 2.63. The van der Waals surface area contributed by atoms with Crippen molar-refractivity contribution in [3.05, 3.63) is 24.5 Å². The van der Waals surface area contributed by atoms with E-state index >= 15 is 0 Å². The summed E-state index contributed by atoms with van der Waals surface area (Å²) >= 11 is 0. The van der Waals surface area contributed by atoms with Crippen LogP contribution in [0.4, 0.5) is 5.69 Å². The number of nitrogens with one attached hydrogen (secondary N) is 1. The third-order valence-corrected chi connectivity index (χ3v) is 2.21. The van der Waals surface area contributed by atoms with Gasteiger partial charge in [0.25, 0.3) is 0 Å². The summed E-state index contributed by atoms with van der Waals surface area (Å²) in [5.74, 6) is -0.856. The number of carboxylic acids is 1. The minimum atomic E-state index is -0.856. The molecule has 2 rings (SSSR count). The lowest BCUT2D eigenvalue weighted by atomic mass is 10.2. The van der Waals surface area contributed by atoms with Crippen LogP contribution in [-0.4, -0.2) is 34.6 Å². The van der Waals surface area contributed by atoms with Crippen molar-refractivity contribution >= 4 is 22.7 Å². The first-order valence-electron chi connectivity index (χ1n) is 4.53. The van der Waals surface area contributed by atoms with Gasteiger partial charge >= 0.3 is 5.97 Å². The Kier molecular flexibility index (Phi) is 2.29. The predicted octanol–water partition coefficient (Wildman–Crippen LogP) is 1.08. The third-order valence-electron chi connectivity index (χ3n) is 2.21. The Bertz CT molecular complexity index is 492. The molecule has 2 aromatic rings. The Morgan fingerprint density at radius 3 is 3.13 bits per heavy atom. The first-order valence-corrected chi connectivity index (χ1v) is 4.53. The molecule has 0 amide bonds. The molecule has 0 aliphatic rings. The van der Waals surface area contributed by atoms with E-state index in [0.29, 0.717) is 0 Å². The van der Waals surface area contributed by atoms with Crippen LogP contribution < -0.4 is 4.90 Å². The average molecular weight is 205 g/mol. The molecule has 1 aromatic carbocycles. The molecular weight excluding hydrogens is 194 g/mol. The van der Waals surface area contributed by atoms with Crippen LogP contribution in [0.15, 0.2) is 24.5 Å². The number of hydrogen-bond donors (Lipinski definition) is 2. The van der Waals surface area contributed by atoms with Gasteiger partial charge in [-0.05, 0) is 12.1 Å². The number of imidazole rings is 1. The van der Waals surface area contributed by atoms with Gasteiger partial charge in [-0.25, -0.2) is 4.98 Å². The normalized spacial score (nSPS) is 10.5. The number of carboxylic acid groups (broad SMARTS) is 1. The van der Waals surface area contributed by atoms with E-state index < -0.39 is 5.97 Å². The fourth-order valence-corrected chi connectivity index (χ4v) is 1.55. The Hall–Kier alpha value is -2.04. The minimum Gasteiger partial charge on any atom is -0.480 e. The van der Waals surface area contributed by atoms with Crippen LogP contribution in [0.5, 0.6) is 0 Å². The molecule has 0 aliphatic carbocycles. The van der Waals surface area contributed by atoms with Crippen LogP contribution in [0.3, 0.4) is 0 Å². The van der Waals surface area contributed by atoms with Gasteiger partial charge in [-0.1, -0.05) is 6.07 Å². The molecule has 5 heteroatoms. The van der Waals surface area contributed by atoms with E-state index in [1.165, 1.54) is 0 Å². The Balaban J connectivity index is 2.42. The summed E-state index contributed by atoms with van der Waals surface area (Å²) in [4.78, 5) is 19.4. The lowest BCUT2D eigenvalue weighted by Crippen LogP contribution is -2.25. The summed E-state index contributed by atoms with van der Waals surface area (Å²) in [7, 11) is 1.73. The summed E-state index contributed by atoms with van der Waals surface area (Å²) in [6.45, 7) is -0.0357. The van der Waals surface area contributed by atoms with Crippen molar-refractivity contribution in [3.63, 3.8) is 0 Å². The Morgan fingerprint density at radius 1 is 1.60 bits per heavy atom. The van der Waals surface area contributed by atoms with Crippen molar-refractivity contribution in [2.24, 2.45) is 0 Å². The second-order valence-corrected chi connectivity index (χ2v) is 3.33. The molecule has 1 heterocycles. The summed E-state index contributed by atoms with van der Waals surface area (Å²) in [6, 6.07) is 5.63. The first-order chi connectivity index (χ1) is 7.18. The first kappa shape index (κ1) is 9.51. The van der Waals surface area contributed by atoms with Gasteiger partial charge in [0.05, 0.1) is 17.5 Å².